The first-order chi connectivity index (χ1) is 7.34. The third-order valence-electron chi connectivity index (χ3n) is 3.64. The number of nitrogens with one attached hydrogen (secondary N) is 1. The van der Waals surface area contributed by atoms with Gasteiger partial charge in [0, 0.05) is 12.6 Å². The number of likely N-dealkylation sites (tertiary alicyclic amines) is 1. The predicted molar refractivity (Wildman–Crippen MR) is 62.1 cm³/mol. The van der Waals surface area contributed by atoms with Crippen molar-refractivity contribution in [1.29, 1.82) is 0 Å². The second-order valence-corrected chi connectivity index (χ2v) is 4.96. The highest BCUT2D eigenvalue weighted by Crippen LogP contribution is 2.15. The molecule has 15 heavy (non-hydrogen) atoms. The highest BCUT2D eigenvalue weighted by Gasteiger charge is 2.18. The minimum absolute atomic E-state index is 0.545. The Morgan fingerprint density at radius 1 is 1.27 bits per heavy atom. The van der Waals surface area contributed by atoms with Gasteiger partial charge in [-0.3, -0.25) is 0 Å². The van der Waals surface area contributed by atoms with E-state index in [4.69, 9.17) is 4.74 Å². The standard InChI is InChI=1S/C12H24N2O/c1-14-8-5-11(6-9-14)13-7-4-12-3-2-10-15-12/h11-13H,2-10H2,1H3/t12-/m0/s1. The molecular formula is C12H24N2O. The summed E-state index contributed by atoms with van der Waals surface area (Å²) in [5.74, 6) is 0. The molecule has 3 nitrogen and oxygen atoms in total. The molecule has 1 N–H and O–H groups in total. The molecule has 2 heterocycles. The normalized spacial score (nSPS) is 29.8. The molecule has 2 rings (SSSR count). The second kappa shape index (κ2) is 5.83. The van der Waals surface area contributed by atoms with Gasteiger partial charge in [0.25, 0.3) is 0 Å². The van der Waals surface area contributed by atoms with E-state index in [9.17, 15) is 0 Å². The van der Waals surface area contributed by atoms with Crippen LogP contribution < -0.4 is 5.32 Å². The summed E-state index contributed by atoms with van der Waals surface area (Å²) in [6, 6.07) is 0.752. The predicted octanol–water partition coefficient (Wildman–Crippen LogP) is 1.24. The quantitative estimate of drug-likeness (QED) is 0.759. The number of rotatable bonds is 4. The molecule has 2 aliphatic heterocycles. The van der Waals surface area contributed by atoms with Crippen LogP contribution >= 0.6 is 0 Å². The lowest BCUT2D eigenvalue weighted by Crippen LogP contribution is -2.41. The van der Waals surface area contributed by atoms with E-state index in [1.165, 1.54) is 45.2 Å². The Kier molecular flexibility index (Phi) is 4.42. The molecule has 2 saturated heterocycles. The van der Waals surface area contributed by atoms with Crippen molar-refractivity contribution in [2.24, 2.45) is 0 Å². The average molecular weight is 212 g/mol. The zero-order valence-corrected chi connectivity index (χ0v) is 9.87. The fourth-order valence-electron chi connectivity index (χ4n) is 2.53. The van der Waals surface area contributed by atoms with Gasteiger partial charge in [0.2, 0.25) is 0 Å². The molecule has 88 valence electrons. The molecule has 0 aromatic heterocycles. The van der Waals surface area contributed by atoms with Crippen molar-refractivity contribution in [3.8, 4) is 0 Å². The van der Waals surface area contributed by atoms with E-state index >= 15 is 0 Å². The molecule has 0 amide bonds. The van der Waals surface area contributed by atoms with Crippen LogP contribution in [0.1, 0.15) is 32.1 Å². The van der Waals surface area contributed by atoms with Crippen LogP contribution in [-0.2, 0) is 4.74 Å². The topological polar surface area (TPSA) is 24.5 Å². The van der Waals surface area contributed by atoms with Crippen LogP contribution in [0.15, 0.2) is 0 Å². The fraction of sp³-hybridized carbons (Fsp3) is 1.00. The lowest BCUT2D eigenvalue weighted by molar-refractivity contribution is 0.102. The van der Waals surface area contributed by atoms with Gasteiger partial charge in [-0.15, -0.1) is 0 Å². The maximum atomic E-state index is 5.61. The van der Waals surface area contributed by atoms with Crippen LogP contribution in [0.25, 0.3) is 0 Å². The van der Waals surface area contributed by atoms with Gasteiger partial charge in [0.1, 0.15) is 0 Å². The van der Waals surface area contributed by atoms with Gasteiger partial charge in [-0.1, -0.05) is 0 Å². The van der Waals surface area contributed by atoms with Crippen molar-refractivity contribution in [3.63, 3.8) is 0 Å². The van der Waals surface area contributed by atoms with Crippen molar-refractivity contribution < 1.29 is 4.74 Å². The molecule has 2 aliphatic rings. The number of hydrogen-bond donors (Lipinski definition) is 1. The van der Waals surface area contributed by atoms with Gasteiger partial charge in [0.05, 0.1) is 6.10 Å². The summed E-state index contributed by atoms with van der Waals surface area (Å²) in [5, 5.41) is 3.66. The summed E-state index contributed by atoms with van der Waals surface area (Å²) in [7, 11) is 2.21. The fourth-order valence-corrected chi connectivity index (χ4v) is 2.53. The van der Waals surface area contributed by atoms with Gasteiger partial charge >= 0.3 is 0 Å². The Bertz CT molecular complexity index is 172. The largest absolute Gasteiger partial charge is 0.378 e. The first-order valence-electron chi connectivity index (χ1n) is 6.38. The van der Waals surface area contributed by atoms with Crippen molar-refractivity contribution in [2.75, 3.05) is 33.3 Å². The third-order valence-corrected chi connectivity index (χ3v) is 3.64. The second-order valence-electron chi connectivity index (χ2n) is 4.96. The van der Waals surface area contributed by atoms with E-state index in [1.807, 2.05) is 0 Å². The van der Waals surface area contributed by atoms with E-state index in [2.05, 4.69) is 17.3 Å². The Morgan fingerprint density at radius 2 is 2.07 bits per heavy atom. The number of hydrogen-bond acceptors (Lipinski definition) is 3. The van der Waals surface area contributed by atoms with E-state index < -0.39 is 0 Å². The van der Waals surface area contributed by atoms with Crippen molar-refractivity contribution in [1.82, 2.24) is 10.2 Å². The minimum Gasteiger partial charge on any atom is -0.378 e. The number of ether oxygens (including phenoxy) is 1. The highest BCUT2D eigenvalue weighted by molar-refractivity contribution is 4.76. The van der Waals surface area contributed by atoms with Gasteiger partial charge in [-0.05, 0) is 58.8 Å². The van der Waals surface area contributed by atoms with Crippen LogP contribution in [0.2, 0.25) is 0 Å². The van der Waals surface area contributed by atoms with Crippen LogP contribution in [0.3, 0.4) is 0 Å². The van der Waals surface area contributed by atoms with Crippen LogP contribution in [0.5, 0.6) is 0 Å². The summed E-state index contributed by atoms with van der Waals surface area (Å²) in [4.78, 5) is 2.41. The monoisotopic (exact) mass is 212 g/mol. The molecular weight excluding hydrogens is 188 g/mol. The molecule has 0 radical (unpaired) electrons. The van der Waals surface area contributed by atoms with Gasteiger partial charge in [-0.25, -0.2) is 0 Å². The Morgan fingerprint density at radius 3 is 2.73 bits per heavy atom. The van der Waals surface area contributed by atoms with Gasteiger partial charge in [0.15, 0.2) is 0 Å². The summed E-state index contributed by atoms with van der Waals surface area (Å²) in [5.41, 5.74) is 0. The van der Waals surface area contributed by atoms with Crippen LogP contribution in [0.4, 0.5) is 0 Å². The molecule has 0 aromatic carbocycles. The lowest BCUT2D eigenvalue weighted by atomic mass is 10.1. The molecule has 0 unspecified atom stereocenters. The minimum atomic E-state index is 0.545. The summed E-state index contributed by atoms with van der Waals surface area (Å²) in [6.07, 6.45) is 6.90. The maximum absolute atomic E-state index is 5.61. The number of nitrogens with zero attached hydrogens (tertiary/aromatic N) is 1. The molecule has 0 spiro atoms. The molecule has 0 bridgehead atoms. The van der Waals surface area contributed by atoms with E-state index in [0.29, 0.717) is 6.10 Å². The van der Waals surface area contributed by atoms with Gasteiger partial charge < -0.3 is 15.0 Å². The average Bonchev–Trinajstić information content (AvgIpc) is 2.74. The zero-order valence-electron chi connectivity index (χ0n) is 9.87. The van der Waals surface area contributed by atoms with Crippen molar-refractivity contribution >= 4 is 0 Å². The highest BCUT2D eigenvalue weighted by atomic mass is 16.5. The van der Waals surface area contributed by atoms with Crippen molar-refractivity contribution in [3.05, 3.63) is 0 Å². The number of piperidine rings is 1. The lowest BCUT2D eigenvalue weighted by Gasteiger charge is -2.29. The first-order valence-corrected chi connectivity index (χ1v) is 6.38. The van der Waals surface area contributed by atoms with E-state index in [0.717, 1.165) is 19.2 Å². The van der Waals surface area contributed by atoms with Crippen LogP contribution in [0, 0.1) is 0 Å². The molecule has 0 aromatic rings. The maximum Gasteiger partial charge on any atom is 0.0588 e. The molecule has 0 saturated carbocycles. The summed E-state index contributed by atoms with van der Waals surface area (Å²) >= 11 is 0. The molecule has 0 aliphatic carbocycles. The third kappa shape index (κ3) is 3.74. The van der Waals surface area contributed by atoms with Crippen LogP contribution in [-0.4, -0.2) is 50.3 Å². The van der Waals surface area contributed by atoms with E-state index in [1.54, 1.807) is 0 Å². The van der Waals surface area contributed by atoms with E-state index in [-0.39, 0.29) is 0 Å². The van der Waals surface area contributed by atoms with Crippen molar-refractivity contribution in [2.45, 2.75) is 44.2 Å². The Hall–Kier alpha value is -0.120. The first kappa shape index (κ1) is 11.4. The SMILES string of the molecule is CN1CCC(NCC[C@@H]2CCCO2)CC1. The molecule has 2 fully saturated rings. The Labute approximate surface area is 93.2 Å². The zero-order chi connectivity index (χ0) is 10.5. The summed E-state index contributed by atoms with van der Waals surface area (Å²) in [6.45, 7) is 4.62. The molecule has 1 atom stereocenters. The van der Waals surface area contributed by atoms with Gasteiger partial charge in [-0.2, -0.15) is 0 Å². The smallest absolute Gasteiger partial charge is 0.0588 e. The molecule has 3 heteroatoms. The Balaban J connectivity index is 1.53. The summed E-state index contributed by atoms with van der Waals surface area (Å²) < 4.78 is 5.61.